The lowest BCUT2D eigenvalue weighted by Crippen LogP contribution is -2.47. The highest BCUT2D eigenvalue weighted by Gasteiger charge is 2.51. The number of nitriles is 1. The monoisotopic (exact) mass is 398 g/mol. The summed E-state index contributed by atoms with van der Waals surface area (Å²) in [4.78, 5) is 25.5. The number of nitrogens with zero attached hydrogens (tertiary/aromatic N) is 1. The van der Waals surface area contributed by atoms with E-state index in [1.54, 1.807) is 12.1 Å². The van der Waals surface area contributed by atoms with Gasteiger partial charge in [-0.2, -0.15) is 5.26 Å². The maximum absolute atomic E-state index is 12.4. The predicted molar refractivity (Wildman–Crippen MR) is 107 cm³/mol. The zero-order valence-electron chi connectivity index (χ0n) is 16.2. The number of thiocyanates is 1. The average Bonchev–Trinajstić information content (AvgIpc) is 2.61. The summed E-state index contributed by atoms with van der Waals surface area (Å²) in [5.41, 5.74) is 1.67. The number of thioether (sulfide) groups is 1. The van der Waals surface area contributed by atoms with Crippen LogP contribution in [-0.2, 0) is 14.3 Å². The van der Waals surface area contributed by atoms with E-state index in [1.807, 2.05) is 18.4 Å². The Balaban J connectivity index is 1.27. The second-order valence-electron chi connectivity index (χ2n) is 8.97. The van der Waals surface area contributed by atoms with Crippen LogP contribution < -0.4 is 5.32 Å². The predicted octanol–water partition coefficient (Wildman–Crippen LogP) is 4.66. The minimum Gasteiger partial charge on any atom is -0.456 e. The maximum atomic E-state index is 12.4. The lowest BCUT2D eigenvalue weighted by molar-refractivity contribution is -0.154. The summed E-state index contributed by atoms with van der Waals surface area (Å²) in [6.07, 6.45) is 7.99. The molecule has 0 spiro atoms. The minimum atomic E-state index is -0.331. The van der Waals surface area contributed by atoms with Gasteiger partial charge in [0, 0.05) is 10.6 Å². The van der Waals surface area contributed by atoms with Crippen LogP contribution in [0.2, 0.25) is 0 Å². The molecule has 4 bridgehead atoms. The molecule has 0 radical (unpaired) electrons. The smallest absolute Gasteiger partial charge is 0.306 e. The van der Waals surface area contributed by atoms with Crippen molar-refractivity contribution in [2.24, 2.45) is 23.2 Å². The molecule has 5 rings (SSSR count). The SMILES string of the molecule is Cc1cc(SC#N)ccc1NC(=O)COC(=O)CC12CC3CC(CC(C3)C1)C2. The third kappa shape index (κ3) is 4.20. The Morgan fingerprint density at radius 3 is 2.43 bits per heavy atom. The Morgan fingerprint density at radius 1 is 1.21 bits per heavy atom. The molecule has 0 saturated heterocycles. The van der Waals surface area contributed by atoms with Crippen molar-refractivity contribution in [2.45, 2.75) is 56.8 Å². The van der Waals surface area contributed by atoms with Crippen molar-refractivity contribution in [1.82, 2.24) is 0 Å². The van der Waals surface area contributed by atoms with Crippen LogP contribution in [-0.4, -0.2) is 18.5 Å². The molecular formula is C22H26N2O3S. The number of ether oxygens (including phenoxy) is 1. The van der Waals surface area contributed by atoms with Crippen LogP contribution in [0.1, 0.15) is 50.5 Å². The molecular weight excluding hydrogens is 372 g/mol. The second-order valence-corrected chi connectivity index (χ2v) is 9.83. The molecule has 5 nitrogen and oxygen atoms in total. The van der Waals surface area contributed by atoms with Gasteiger partial charge in [0.1, 0.15) is 5.40 Å². The van der Waals surface area contributed by atoms with Gasteiger partial charge in [0.05, 0.1) is 6.42 Å². The first-order valence-electron chi connectivity index (χ1n) is 10.1. The number of esters is 1. The van der Waals surface area contributed by atoms with E-state index in [-0.39, 0.29) is 23.9 Å². The van der Waals surface area contributed by atoms with Gasteiger partial charge in [0.25, 0.3) is 5.91 Å². The number of aryl methyl sites for hydroxylation is 1. The molecule has 4 fully saturated rings. The van der Waals surface area contributed by atoms with Gasteiger partial charge in [-0.25, -0.2) is 0 Å². The Labute approximate surface area is 170 Å². The van der Waals surface area contributed by atoms with Crippen molar-refractivity contribution in [3.8, 4) is 5.40 Å². The number of hydrogen-bond acceptors (Lipinski definition) is 5. The molecule has 0 heterocycles. The molecule has 6 heteroatoms. The first-order valence-corrected chi connectivity index (χ1v) is 10.9. The van der Waals surface area contributed by atoms with Crippen LogP contribution >= 0.6 is 11.8 Å². The van der Waals surface area contributed by atoms with Crippen molar-refractivity contribution in [2.75, 3.05) is 11.9 Å². The zero-order valence-corrected chi connectivity index (χ0v) is 17.0. The number of benzene rings is 1. The first kappa shape index (κ1) is 19.3. The van der Waals surface area contributed by atoms with Gasteiger partial charge in [-0.15, -0.1) is 0 Å². The molecule has 1 aromatic carbocycles. The highest BCUT2D eigenvalue weighted by molar-refractivity contribution is 8.03. The summed E-state index contributed by atoms with van der Waals surface area (Å²) < 4.78 is 5.32. The number of anilines is 1. The summed E-state index contributed by atoms with van der Waals surface area (Å²) in [6.45, 7) is 1.62. The van der Waals surface area contributed by atoms with E-state index < -0.39 is 0 Å². The first-order chi connectivity index (χ1) is 13.4. The summed E-state index contributed by atoms with van der Waals surface area (Å²) in [5.74, 6) is 1.82. The molecule has 0 aliphatic heterocycles. The van der Waals surface area contributed by atoms with E-state index in [0.29, 0.717) is 12.1 Å². The minimum absolute atomic E-state index is 0.132. The quantitative estimate of drug-likeness (QED) is 0.428. The molecule has 4 aliphatic carbocycles. The molecule has 0 aromatic heterocycles. The van der Waals surface area contributed by atoms with E-state index in [4.69, 9.17) is 10.00 Å². The lowest BCUT2D eigenvalue weighted by atomic mass is 9.49. The average molecular weight is 399 g/mol. The van der Waals surface area contributed by atoms with E-state index in [0.717, 1.165) is 59.2 Å². The van der Waals surface area contributed by atoms with Gasteiger partial charge in [-0.05, 0) is 104 Å². The van der Waals surface area contributed by atoms with Crippen molar-refractivity contribution >= 4 is 29.3 Å². The Hall–Kier alpha value is -2.00. The van der Waals surface area contributed by atoms with Crippen molar-refractivity contribution in [3.63, 3.8) is 0 Å². The lowest BCUT2D eigenvalue weighted by Gasteiger charge is -2.56. The fourth-order valence-corrected chi connectivity index (χ4v) is 6.57. The molecule has 4 saturated carbocycles. The van der Waals surface area contributed by atoms with Gasteiger partial charge in [-0.1, -0.05) is 0 Å². The van der Waals surface area contributed by atoms with Crippen LogP contribution in [0.4, 0.5) is 5.69 Å². The number of rotatable bonds is 6. The Bertz CT molecular complexity index is 794. The number of carbonyl (C=O) groups is 2. The van der Waals surface area contributed by atoms with E-state index in [1.165, 1.54) is 19.3 Å². The molecule has 148 valence electrons. The van der Waals surface area contributed by atoms with Crippen molar-refractivity contribution in [1.29, 1.82) is 5.26 Å². The number of amides is 1. The fourth-order valence-electron chi connectivity index (χ4n) is 6.09. The van der Waals surface area contributed by atoms with Gasteiger partial charge < -0.3 is 10.1 Å². The van der Waals surface area contributed by atoms with Crippen molar-refractivity contribution in [3.05, 3.63) is 23.8 Å². The topological polar surface area (TPSA) is 79.2 Å². The van der Waals surface area contributed by atoms with Gasteiger partial charge in [-0.3, -0.25) is 9.59 Å². The Morgan fingerprint density at radius 2 is 1.86 bits per heavy atom. The highest BCUT2D eigenvalue weighted by Crippen LogP contribution is 2.61. The molecule has 1 N–H and O–H groups in total. The third-order valence-corrected chi connectivity index (χ3v) is 7.27. The van der Waals surface area contributed by atoms with E-state index >= 15 is 0 Å². The molecule has 0 atom stereocenters. The van der Waals surface area contributed by atoms with E-state index in [2.05, 4.69) is 5.32 Å². The van der Waals surface area contributed by atoms with Gasteiger partial charge in [0.2, 0.25) is 0 Å². The van der Waals surface area contributed by atoms with Crippen LogP contribution in [0.15, 0.2) is 23.1 Å². The molecule has 0 unspecified atom stereocenters. The second kappa shape index (κ2) is 7.79. The van der Waals surface area contributed by atoms with Gasteiger partial charge in [0.15, 0.2) is 6.61 Å². The molecule has 1 aromatic rings. The van der Waals surface area contributed by atoms with Crippen LogP contribution in [0.25, 0.3) is 0 Å². The zero-order chi connectivity index (χ0) is 19.7. The fraction of sp³-hybridized carbons (Fsp3) is 0.591. The molecule has 4 aliphatic rings. The third-order valence-electron chi connectivity index (χ3n) is 6.68. The van der Waals surface area contributed by atoms with Crippen LogP contribution in [0.3, 0.4) is 0 Å². The number of hydrogen-bond donors (Lipinski definition) is 1. The number of nitrogens with one attached hydrogen (secondary N) is 1. The summed E-state index contributed by atoms with van der Waals surface area (Å²) >= 11 is 1.08. The summed E-state index contributed by atoms with van der Waals surface area (Å²) in [5, 5.41) is 13.5. The van der Waals surface area contributed by atoms with Crippen LogP contribution in [0.5, 0.6) is 0 Å². The largest absolute Gasteiger partial charge is 0.456 e. The summed E-state index contributed by atoms with van der Waals surface area (Å²) in [7, 11) is 0. The van der Waals surface area contributed by atoms with E-state index in [9.17, 15) is 9.59 Å². The Kier molecular flexibility index (Phi) is 5.37. The standard InChI is InChI=1S/C22H26N2O3S/c1-14-4-18(28-13-23)2-3-19(14)24-20(25)12-27-21(26)11-22-8-15-5-16(9-22)7-17(6-15)10-22/h2-4,15-17H,5-12H2,1H3,(H,24,25). The summed E-state index contributed by atoms with van der Waals surface area (Å²) in [6, 6.07) is 5.41. The van der Waals surface area contributed by atoms with Crippen LogP contribution in [0, 0.1) is 40.8 Å². The highest BCUT2D eigenvalue weighted by atomic mass is 32.2. The number of carbonyl (C=O) groups excluding carboxylic acids is 2. The normalized spacial score (nSPS) is 29.9. The van der Waals surface area contributed by atoms with Crippen molar-refractivity contribution < 1.29 is 14.3 Å². The molecule has 28 heavy (non-hydrogen) atoms. The molecule has 1 amide bonds. The van der Waals surface area contributed by atoms with Gasteiger partial charge >= 0.3 is 5.97 Å². The maximum Gasteiger partial charge on any atom is 0.306 e.